The second-order valence-corrected chi connectivity index (χ2v) is 4.75. The molecule has 7 nitrogen and oxygen atoms in total. The van der Waals surface area contributed by atoms with Gasteiger partial charge in [0, 0.05) is 17.8 Å². The molecule has 0 spiro atoms. The summed E-state index contributed by atoms with van der Waals surface area (Å²) in [5.41, 5.74) is -0.286. The first-order valence-electron chi connectivity index (χ1n) is 6.18. The third kappa shape index (κ3) is 4.24. The Morgan fingerprint density at radius 2 is 1.78 bits per heavy atom. The van der Waals surface area contributed by atoms with Gasteiger partial charge in [0.15, 0.2) is 0 Å². The minimum Gasteiger partial charge on any atom is -0.318 e. The summed E-state index contributed by atoms with van der Waals surface area (Å²) in [6.07, 6.45) is 0. The molecule has 2 aromatic rings. The zero-order chi connectivity index (χ0) is 17.0. The number of hydrogen-bond donors (Lipinski definition) is 2. The van der Waals surface area contributed by atoms with Crippen LogP contribution in [0.1, 0.15) is 0 Å². The van der Waals surface area contributed by atoms with E-state index in [-0.39, 0.29) is 22.1 Å². The van der Waals surface area contributed by atoms with Gasteiger partial charge in [-0.3, -0.25) is 19.7 Å². The molecule has 0 radical (unpaired) electrons. The number of non-ortho nitro benzene ring substituents is 1. The number of nitro benzene ring substituents is 1. The van der Waals surface area contributed by atoms with E-state index in [9.17, 15) is 24.1 Å². The van der Waals surface area contributed by atoms with Gasteiger partial charge < -0.3 is 10.6 Å². The summed E-state index contributed by atoms with van der Waals surface area (Å²) >= 11 is 5.81. The number of benzene rings is 2. The molecule has 2 rings (SSSR count). The van der Waals surface area contributed by atoms with Crippen molar-refractivity contribution in [3.05, 3.63) is 63.4 Å². The average molecular weight is 338 g/mol. The predicted octanol–water partition coefficient (Wildman–Crippen LogP) is 2.96. The molecule has 0 fully saturated rings. The standard InChI is InChI=1S/C14H9ClFN3O4/c15-11-5-4-10(19(22)23)7-12(11)18-14(21)13(20)17-9-3-1-2-8(16)6-9/h1-7H,(H,17,20)(H,18,21). The van der Waals surface area contributed by atoms with E-state index < -0.39 is 22.6 Å². The molecule has 0 heterocycles. The highest BCUT2D eigenvalue weighted by molar-refractivity contribution is 6.44. The van der Waals surface area contributed by atoms with E-state index in [1.165, 1.54) is 24.3 Å². The Morgan fingerprint density at radius 3 is 2.43 bits per heavy atom. The Morgan fingerprint density at radius 1 is 1.09 bits per heavy atom. The SMILES string of the molecule is O=C(Nc1cccc(F)c1)C(=O)Nc1cc([N+](=O)[O-])ccc1Cl. The first-order valence-corrected chi connectivity index (χ1v) is 6.56. The largest absolute Gasteiger partial charge is 0.318 e. The van der Waals surface area contributed by atoms with Crippen LogP contribution < -0.4 is 10.6 Å². The second kappa shape index (κ2) is 6.84. The van der Waals surface area contributed by atoms with E-state index >= 15 is 0 Å². The van der Waals surface area contributed by atoms with E-state index in [4.69, 9.17) is 11.6 Å². The van der Waals surface area contributed by atoms with Crippen molar-refractivity contribution in [3.8, 4) is 0 Å². The van der Waals surface area contributed by atoms with Crippen molar-refractivity contribution in [3.63, 3.8) is 0 Å². The lowest BCUT2D eigenvalue weighted by Gasteiger charge is -2.08. The fourth-order valence-corrected chi connectivity index (χ4v) is 1.82. The van der Waals surface area contributed by atoms with Gasteiger partial charge >= 0.3 is 11.8 Å². The Balaban J connectivity index is 2.11. The zero-order valence-electron chi connectivity index (χ0n) is 11.4. The van der Waals surface area contributed by atoms with Crippen LogP contribution in [-0.2, 0) is 9.59 Å². The van der Waals surface area contributed by atoms with Gasteiger partial charge in [0.1, 0.15) is 5.82 Å². The third-order valence-corrected chi connectivity index (χ3v) is 3.03. The van der Waals surface area contributed by atoms with Gasteiger partial charge in [-0.25, -0.2) is 4.39 Å². The highest BCUT2D eigenvalue weighted by atomic mass is 35.5. The summed E-state index contributed by atoms with van der Waals surface area (Å²) in [6, 6.07) is 8.37. The van der Waals surface area contributed by atoms with Crippen LogP contribution in [0.25, 0.3) is 0 Å². The van der Waals surface area contributed by atoms with Crippen molar-refractivity contribution in [1.82, 2.24) is 0 Å². The molecule has 2 aromatic carbocycles. The van der Waals surface area contributed by atoms with Crippen LogP contribution >= 0.6 is 11.6 Å². The van der Waals surface area contributed by atoms with E-state index in [1.807, 2.05) is 0 Å². The highest BCUT2D eigenvalue weighted by Gasteiger charge is 2.17. The summed E-state index contributed by atoms with van der Waals surface area (Å²) in [5, 5.41) is 15.1. The molecule has 0 atom stereocenters. The zero-order valence-corrected chi connectivity index (χ0v) is 12.1. The quantitative estimate of drug-likeness (QED) is 0.510. The van der Waals surface area contributed by atoms with E-state index in [0.717, 1.165) is 18.2 Å². The van der Waals surface area contributed by atoms with E-state index in [0.29, 0.717) is 0 Å². The lowest BCUT2D eigenvalue weighted by molar-refractivity contribution is -0.384. The lowest BCUT2D eigenvalue weighted by Crippen LogP contribution is -2.29. The van der Waals surface area contributed by atoms with E-state index in [2.05, 4.69) is 10.6 Å². The topological polar surface area (TPSA) is 101 Å². The van der Waals surface area contributed by atoms with Crippen LogP contribution in [0.4, 0.5) is 21.5 Å². The van der Waals surface area contributed by atoms with Gasteiger partial charge in [-0.05, 0) is 24.3 Å². The molecule has 9 heteroatoms. The number of nitrogens with one attached hydrogen (secondary N) is 2. The molecule has 23 heavy (non-hydrogen) atoms. The second-order valence-electron chi connectivity index (χ2n) is 4.34. The van der Waals surface area contributed by atoms with Crippen LogP contribution in [0.5, 0.6) is 0 Å². The molecule has 0 aliphatic heterocycles. The van der Waals surface area contributed by atoms with Gasteiger partial charge in [0.25, 0.3) is 5.69 Å². The number of nitrogens with zero attached hydrogens (tertiary/aromatic N) is 1. The summed E-state index contributed by atoms with van der Waals surface area (Å²) < 4.78 is 13.0. The molecule has 0 saturated carbocycles. The van der Waals surface area contributed by atoms with Gasteiger partial charge in [-0.1, -0.05) is 17.7 Å². The number of hydrogen-bond acceptors (Lipinski definition) is 4. The molecule has 0 aliphatic carbocycles. The first-order chi connectivity index (χ1) is 10.9. The molecule has 2 N–H and O–H groups in total. The van der Waals surface area contributed by atoms with Crippen molar-refractivity contribution in [2.45, 2.75) is 0 Å². The Hall–Kier alpha value is -3.00. The van der Waals surface area contributed by atoms with E-state index in [1.54, 1.807) is 0 Å². The number of nitro groups is 1. The maximum Gasteiger partial charge on any atom is 0.314 e. The Labute approximate surface area is 134 Å². The molecular weight excluding hydrogens is 329 g/mol. The molecule has 118 valence electrons. The van der Waals surface area contributed by atoms with Crippen LogP contribution in [0, 0.1) is 15.9 Å². The van der Waals surface area contributed by atoms with Crippen LogP contribution in [0.3, 0.4) is 0 Å². The Kier molecular flexibility index (Phi) is 4.87. The summed E-state index contributed by atoms with van der Waals surface area (Å²) in [5.74, 6) is -2.75. The van der Waals surface area contributed by atoms with Crippen molar-refractivity contribution in [2.24, 2.45) is 0 Å². The molecule has 2 amide bonds. The fraction of sp³-hybridized carbons (Fsp3) is 0. The first kappa shape index (κ1) is 16.4. The molecule has 0 aromatic heterocycles. The van der Waals surface area contributed by atoms with Gasteiger partial charge in [-0.2, -0.15) is 0 Å². The molecule has 0 aliphatic rings. The van der Waals surface area contributed by atoms with Crippen LogP contribution in [0.15, 0.2) is 42.5 Å². The predicted molar refractivity (Wildman–Crippen MR) is 81.8 cm³/mol. The third-order valence-electron chi connectivity index (χ3n) is 2.70. The molecule has 0 unspecified atom stereocenters. The number of halogens is 2. The van der Waals surface area contributed by atoms with Crippen molar-refractivity contribution in [1.29, 1.82) is 0 Å². The molecule has 0 bridgehead atoms. The van der Waals surface area contributed by atoms with Gasteiger partial charge in [0.2, 0.25) is 0 Å². The number of rotatable bonds is 3. The number of carbonyl (C=O) groups excluding carboxylic acids is 2. The smallest absolute Gasteiger partial charge is 0.314 e. The normalized spacial score (nSPS) is 10.0. The monoisotopic (exact) mass is 337 g/mol. The molecular formula is C14H9ClFN3O4. The summed E-state index contributed by atoms with van der Waals surface area (Å²) in [7, 11) is 0. The van der Waals surface area contributed by atoms with Gasteiger partial charge in [0.05, 0.1) is 15.6 Å². The molecule has 0 saturated heterocycles. The number of amides is 2. The number of carbonyl (C=O) groups is 2. The van der Waals surface area contributed by atoms with Crippen molar-refractivity contribution < 1.29 is 18.9 Å². The van der Waals surface area contributed by atoms with Gasteiger partial charge in [-0.15, -0.1) is 0 Å². The van der Waals surface area contributed by atoms with Crippen LogP contribution in [0.2, 0.25) is 5.02 Å². The average Bonchev–Trinajstić information content (AvgIpc) is 2.49. The number of anilines is 2. The maximum absolute atomic E-state index is 13.0. The lowest BCUT2D eigenvalue weighted by atomic mass is 10.2. The summed E-state index contributed by atoms with van der Waals surface area (Å²) in [4.78, 5) is 33.5. The Bertz CT molecular complexity index is 797. The summed E-state index contributed by atoms with van der Waals surface area (Å²) in [6.45, 7) is 0. The highest BCUT2D eigenvalue weighted by Crippen LogP contribution is 2.26. The van der Waals surface area contributed by atoms with Crippen molar-refractivity contribution in [2.75, 3.05) is 10.6 Å². The minimum absolute atomic E-state index is 0.0301. The minimum atomic E-state index is -1.10. The fourth-order valence-electron chi connectivity index (χ4n) is 1.66. The maximum atomic E-state index is 13.0. The van der Waals surface area contributed by atoms with Crippen molar-refractivity contribution >= 4 is 40.5 Å². The van der Waals surface area contributed by atoms with Crippen LogP contribution in [-0.4, -0.2) is 16.7 Å².